The van der Waals surface area contributed by atoms with Crippen molar-refractivity contribution in [2.75, 3.05) is 0 Å². The number of nitrogens with zero attached hydrogens (tertiary/aromatic N) is 2. The van der Waals surface area contributed by atoms with E-state index in [1.807, 2.05) is 31.2 Å². The third kappa shape index (κ3) is 1.93. The lowest BCUT2D eigenvalue weighted by Crippen LogP contribution is -1.97. The monoisotopic (exact) mass is 227 g/mol. The Morgan fingerprint density at radius 2 is 2.12 bits per heavy atom. The molecule has 2 heterocycles. The number of hydrogen-bond acceptors (Lipinski definition) is 3. The number of hydrogen-bond donors (Lipinski definition) is 1. The minimum atomic E-state index is 0.0880. The molecule has 1 atom stereocenters. The predicted octanol–water partition coefficient (Wildman–Crippen LogP) is 2.62. The van der Waals surface area contributed by atoms with Crippen molar-refractivity contribution in [1.29, 1.82) is 0 Å². The van der Waals surface area contributed by atoms with Crippen molar-refractivity contribution < 1.29 is 4.74 Å². The van der Waals surface area contributed by atoms with Gasteiger partial charge in [0.2, 0.25) is 5.82 Å². The van der Waals surface area contributed by atoms with E-state index in [-0.39, 0.29) is 6.10 Å². The van der Waals surface area contributed by atoms with Crippen LogP contribution in [0.25, 0.3) is 5.76 Å². The number of aromatic amines is 1. The third-order valence-electron chi connectivity index (χ3n) is 2.78. The highest BCUT2D eigenvalue weighted by Crippen LogP contribution is 2.34. The van der Waals surface area contributed by atoms with Crippen molar-refractivity contribution in [2.45, 2.75) is 19.4 Å². The van der Waals surface area contributed by atoms with E-state index in [0.717, 1.165) is 18.0 Å². The summed E-state index contributed by atoms with van der Waals surface area (Å²) in [5.41, 5.74) is 1.19. The second-order valence-electron chi connectivity index (χ2n) is 4.07. The van der Waals surface area contributed by atoms with E-state index in [0.29, 0.717) is 5.82 Å². The van der Waals surface area contributed by atoms with Crippen LogP contribution in [0, 0.1) is 6.92 Å². The van der Waals surface area contributed by atoms with Gasteiger partial charge in [0.05, 0.1) is 0 Å². The van der Waals surface area contributed by atoms with Crippen LogP contribution in [0.5, 0.6) is 0 Å². The molecule has 0 saturated heterocycles. The van der Waals surface area contributed by atoms with Gasteiger partial charge in [-0.3, -0.25) is 5.10 Å². The van der Waals surface area contributed by atoms with Crippen molar-refractivity contribution in [1.82, 2.24) is 15.2 Å². The lowest BCUT2D eigenvalue weighted by molar-refractivity contribution is 0.193. The van der Waals surface area contributed by atoms with Gasteiger partial charge in [0.1, 0.15) is 11.9 Å². The summed E-state index contributed by atoms with van der Waals surface area (Å²) < 4.78 is 5.86. The Bertz CT molecular complexity index is 545. The fourth-order valence-corrected chi connectivity index (χ4v) is 1.93. The molecule has 1 aliphatic heterocycles. The van der Waals surface area contributed by atoms with Crippen molar-refractivity contribution in [3.8, 4) is 0 Å². The molecule has 4 heteroatoms. The molecule has 1 unspecified atom stereocenters. The van der Waals surface area contributed by atoms with E-state index >= 15 is 0 Å². The third-order valence-corrected chi connectivity index (χ3v) is 2.78. The van der Waals surface area contributed by atoms with Gasteiger partial charge < -0.3 is 4.74 Å². The molecule has 0 saturated carbocycles. The van der Waals surface area contributed by atoms with Gasteiger partial charge in [0.15, 0.2) is 5.76 Å². The minimum Gasteiger partial charge on any atom is -0.482 e. The number of rotatable bonds is 2. The van der Waals surface area contributed by atoms with E-state index in [1.165, 1.54) is 5.56 Å². The minimum absolute atomic E-state index is 0.0880. The van der Waals surface area contributed by atoms with Crippen molar-refractivity contribution in [2.24, 2.45) is 0 Å². The fourth-order valence-electron chi connectivity index (χ4n) is 1.93. The number of H-pyrrole nitrogens is 1. The van der Waals surface area contributed by atoms with Crippen LogP contribution < -0.4 is 0 Å². The Morgan fingerprint density at radius 3 is 2.82 bits per heavy atom. The van der Waals surface area contributed by atoms with Crippen LogP contribution >= 0.6 is 0 Å². The molecule has 0 amide bonds. The Balaban J connectivity index is 1.77. The molecule has 4 nitrogen and oxygen atoms in total. The fraction of sp³-hybridized carbons (Fsp3) is 0.231. The Kier molecular flexibility index (Phi) is 2.40. The SMILES string of the molecule is Cc1nc(C2=CCC(c3ccccc3)O2)n[nH]1. The number of aryl methyl sites for hydroxylation is 1. The molecular weight excluding hydrogens is 214 g/mol. The van der Waals surface area contributed by atoms with Crippen molar-refractivity contribution in [3.05, 3.63) is 53.6 Å². The smallest absolute Gasteiger partial charge is 0.215 e. The maximum Gasteiger partial charge on any atom is 0.215 e. The first-order valence-corrected chi connectivity index (χ1v) is 5.64. The van der Waals surface area contributed by atoms with Crippen LogP contribution in [-0.4, -0.2) is 15.2 Å². The quantitative estimate of drug-likeness (QED) is 0.858. The molecule has 0 bridgehead atoms. The van der Waals surface area contributed by atoms with Gasteiger partial charge in [0, 0.05) is 6.42 Å². The lowest BCUT2D eigenvalue weighted by Gasteiger charge is -2.11. The molecule has 3 rings (SSSR count). The van der Waals surface area contributed by atoms with Crippen LogP contribution in [0.2, 0.25) is 0 Å². The Morgan fingerprint density at radius 1 is 1.29 bits per heavy atom. The zero-order valence-electron chi connectivity index (χ0n) is 9.55. The molecule has 1 aromatic carbocycles. The Hall–Kier alpha value is -2.10. The zero-order chi connectivity index (χ0) is 11.7. The maximum absolute atomic E-state index is 5.86. The average Bonchev–Trinajstić information content (AvgIpc) is 2.98. The van der Waals surface area contributed by atoms with Gasteiger partial charge in [-0.25, -0.2) is 4.98 Å². The van der Waals surface area contributed by atoms with Crippen LogP contribution in [0.15, 0.2) is 36.4 Å². The molecule has 0 radical (unpaired) electrons. The van der Waals surface area contributed by atoms with Gasteiger partial charge in [0.25, 0.3) is 0 Å². The normalized spacial score (nSPS) is 18.9. The van der Waals surface area contributed by atoms with E-state index in [2.05, 4.69) is 27.3 Å². The summed E-state index contributed by atoms with van der Waals surface area (Å²) >= 11 is 0. The highest BCUT2D eigenvalue weighted by Gasteiger charge is 2.22. The molecule has 1 aromatic heterocycles. The van der Waals surface area contributed by atoms with E-state index in [9.17, 15) is 0 Å². The van der Waals surface area contributed by atoms with Gasteiger partial charge in [-0.2, -0.15) is 5.10 Å². The van der Waals surface area contributed by atoms with Crippen LogP contribution in [0.1, 0.15) is 29.7 Å². The zero-order valence-corrected chi connectivity index (χ0v) is 9.55. The molecular formula is C13H13N3O. The van der Waals surface area contributed by atoms with Crippen LogP contribution in [-0.2, 0) is 4.74 Å². The number of aromatic nitrogens is 3. The molecule has 1 aliphatic rings. The van der Waals surface area contributed by atoms with E-state index in [1.54, 1.807) is 0 Å². The molecule has 17 heavy (non-hydrogen) atoms. The summed E-state index contributed by atoms with van der Waals surface area (Å²) in [7, 11) is 0. The molecule has 0 aliphatic carbocycles. The summed E-state index contributed by atoms with van der Waals surface area (Å²) in [5.74, 6) is 2.21. The molecule has 1 N–H and O–H groups in total. The largest absolute Gasteiger partial charge is 0.482 e. The van der Waals surface area contributed by atoms with Gasteiger partial charge >= 0.3 is 0 Å². The highest BCUT2D eigenvalue weighted by molar-refractivity contribution is 5.55. The summed E-state index contributed by atoms with van der Waals surface area (Å²) in [5, 5.41) is 6.91. The predicted molar refractivity (Wildman–Crippen MR) is 64.0 cm³/mol. The second kappa shape index (κ2) is 4.05. The average molecular weight is 227 g/mol. The van der Waals surface area contributed by atoms with Gasteiger partial charge in [-0.1, -0.05) is 30.3 Å². The first-order chi connectivity index (χ1) is 8.33. The Labute approximate surface area is 99.3 Å². The van der Waals surface area contributed by atoms with E-state index < -0.39 is 0 Å². The summed E-state index contributed by atoms with van der Waals surface area (Å²) in [6, 6.07) is 10.2. The van der Waals surface area contributed by atoms with Crippen molar-refractivity contribution >= 4 is 5.76 Å². The number of nitrogens with one attached hydrogen (secondary N) is 1. The molecule has 2 aromatic rings. The van der Waals surface area contributed by atoms with Crippen LogP contribution in [0.3, 0.4) is 0 Å². The molecule has 0 spiro atoms. The van der Waals surface area contributed by atoms with Crippen LogP contribution in [0.4, 0.5) is 0 Å². The summed E-state index contributed by atoms with van der Waals surface area (Å²) in [6.45, 7) is 1.88. The maximum atomic E-state index is 5.86. The summed E-state index contributed by atoms with van der Waals surface area (Å²) in [6.07, 6.45) is 3.00. The topological polar surface area (TPSA) is 50.8 Å². The second-order valence-corrected chi connectivity index (χ2v) is 4.07. The van der Waals surface area contributed by atoms with Gasteiger partial charge in [-0.05, 0) is 18.6 Å². The van der Waals surface area contributed by atoms with Gasteiger partial charge in [-0.15, -0.1) is 0 Å². The highest BCUT2D eigenvalue weighted by atomic mass is 16.5. The first kappa shape index (κ1) is 10.1. The number of benzene rings is 1. The van der Waals surface area contributed by atoms with E-state index in [4.69, 9.17) is 4.74 Å². The first-order valence-electron chi connectivity index (χ1n) is 5.64. The molecule has 86 valence electrons. The summed E-state index contributed by atoms with van der Waals surface area (Å²) in [4.78, 5) is 4.26. The molecule has 0 fully saturated rings. The van der Waals surface area contributed by atoms with Crippen molar-refractivity contribution in [3.63, 3.8) is 0 Å². The standard InChI is InChI=1S/C13H13N3O/c1-9-14-13(16-15-9)12-8-7-11(17-12)10-5-3-2-4-6-10/h2-6,8,11H,7H2,1H3,(H,14,15,16). The number of ether oxygens (including phenoxy) is 1. The lowest BCUT2D eigenvalue weighted by atomic mass is 10.1.